The van der Waals surface area contributed by atoms with Crippen molar-refractivity contribution in [2.45, 2.75) is 23.5 Å². The fraction of sp³-hybridized carbons (Fsp3) is 0.200. The quantitative estimate of drug-likeness (QED) is 0.447. The lowest BCUT2D eigenvalue weighted by Crippen LogP contribution is -2.29. The summed E-state index contributed by atoms with van der Waals surface area (Å²) < 4.78 is 1.94. The van der Waals surface area contributed by atoms with Crippen molar-refractivity contribution in [3.63, 3.8) is 0 Å². The largest absolute Gasteiger partial charge is 0.346 e. The molecular weight excluding hydrogens is 322 g/mol. The molecule has 0 bridgehead atoms. The fourth-order valence-electron chi connectivity index (χ4n) is 1.64. The molecule has 2 rings (SSSR count). The Hall–Kier alpha value is -1.37. The van der Waals surface area contributed by atoms with E-state index in [4.69, 9.17) is 17.1 Å². The highest BCUT2D eigenvalue weighted by Crippen LogP contribution is 2.26. The van der Waals surface area contributed by atoms with E-state index in [-0.39, 0.29) is 11.2 Å². The van der Waals surface area contributed by atoms with Crippen LogP contribution >= 0.6 is 35.3 Å². The van der Waals surface area contributed by atoms with Crippen molar-refractivity contribution in [2.75, 3.05) is 0 Å². The third kappa shape index (κ3) is 4.30. The zero-order chi connectivity index (χ0) is 15.2. The number of aryl methyl sites for hydroxylation is 1. The van der Waals surface area contributed by atoms with Crippen molar-refractivity contribution in [3.8, 4) is 0 Å². The molecule has 21 heavy (non-hydrogen) atoms. The van der Waals surface area contributed by atoms with Gasteiger partial charge >= 0.3 is 5.97 Å². The van der Waals surface area contributed by atoms with Crippen LogP contribution in [-0.2, 0) is 4.79 Å². The number of thioether (sulfide) groups is 1. The minimum atomic E-state index is -0.342. The number of aromatic nitrogens is 1. The second-order valence-electron chi connectivity index (χ2n) is 4.29. The number of rotatable bonds is 6. The van der Waals surface area contributed by atoms with Gasteiger partial charge in [0.1, 0.15) is 5.25 Å². The summed E-state index contributed by atoms with van der Waals surface area (Å²) in [7, 11) is 0. The molecule has 0 aliphatic carbocycles. The first kappa shape index (κ1) is 16.0. The molecule has 0 radical (unpaired) electrons. The predicted octanol–water partition coefficient (Wildman–Crippen LogP) is 4.28. The van der Waals surface area contributed by atoms with Crippen molar-refractivity contribution in [3.05, 3.63) is 58.0 Å². The molecular formula is C15H15NO2S3. The fourth-order valence-corrected chi connectivity index (χ4v) is 3.62. The van der Waals surface area contributed by atoms with Crippen LogP contribution in [0.15, 0.2) is 53.3 Å². The molecule has 1 aromatic heterocycles. The summed E-state index contributed by atoms with van der Waals surface area (Å²) in [6.45, 7) is 5.56. The highest BCUT2D eigenvalue weighted by atomic mass is 32.2. The maximum atomic E-state index is 12.4. The predicted molar refractivity (Wildman–Crippen MR) is 90.4 cm³/mol. The molecule has 1 heterocycles. The molecule has 3 nitrogen and oxygen atoms in total. The SMILES string of the molecule is C=CCC(Sc1ccccc1)C(=O)On1c(C)csc1=S. The molecule has 0 saturated heterocycles. The molecule has 0 spiro atoms. The van der Waals surface area contributed by atoms with Gasteiger partial charge in [-0.25, -0.2) is 4.79 Å². The van der Waals surface area contributed by atoms with Crippen LogP contribution in [0.4, 0.5) is 0 Å². The van der Waals surface area contributed by atoms with Crippen LogP contribution in [0.1, 0.15) is 12.1 Å². The van der Waals surface area contributed by atoms with Crippen molar-refractivity contribution in [1.29, 1.82) is 0 Å². The third-order valence-electron chi connectivity index (χ3n) is 2.66. The summed E-state index contributed by atoms with van der Waals surface area (Å²) in [5.41, 5.74) is 0.820. The Morgan fingerprint density at radius 3 is 2.81 bits per heavy atom. The molecule has 1 atom stereocenters. The average molecular weight is 337 g/mol. The second-order valence-corrected chi connectivity index (χ2v) is 7.07. The molecule has 2 aromatic rings. The van der Waals surface area contributed by atoms with Gasteiger partial charge < -0.3 is 4.84 Å². The van der Waals surface area contributed by atoms with Crippen LogP contribution in [0.2, 0.25) is 0 Å². The maximum absolute atomic E-state index is 12.4. The van der Waals surface area contributed by atoms with Crippen LogP contribution in [-0.4, -0.2) is 15.9 Å². The molecule has 1 aromatic carbocycles. The van der Waals surface area contributed by atoms with Gasteiger partial charge in [-0.2, -0.15) is 4.73 Å². The summed E-state index contributed by atoms with van der Waals surface area (Å²) in [4.78, 5) is 18.8. The van der Waals surface area contributed by atoms with E-state index < -0.39 is 0 Å². The smallest absolute Gasteiger partial charge is 0.333 e. The summed E-state index contributed by atoms with van der Waals surface area (Å²) >= 11 is 7.99. The Balaban J connectivity index is 2.12. The Morgan fingerprint density at radius 1 is 1.52 bits per heavy atom. The third-order valence-corrected chi connectivity index (χ3v) is 5.16. The maximum Gasteiger partial charge on any atom is 0.346 e. The minimum Gasteiger partial charge on any atom is -0.333 e. The first-order valence-electron chi connectivity index (χ1n) is 6.33. The van der Waals surface area contributed by atoms with E-state index in [2.05, 4.69) is 6.58 Å². The number of hydrogen-bond donors (Lipinski definition) is 0. The van der Waals surface area contributed by atoms with Gasteiger partial charge in [0.2, 0.25) is 0 Å². The van der Waals surface area contributed by atoms with Gasteiger partial charge in [-0.05, 0) is 37.7 Å². The summed E-state index contributed by atoms with van der Waals surface area (Å²) in [6.07, 6.45) is 2.26. The van der Waals surface area contributed by atoms with Crippen LogP contribution in [0.25, 0.3) is 0 Å². The van der Waals surface area contributed by atoms with Crippen LogP contribution in [0.5, 0.6) is 0 Å². The molecule has 0 saturated carbocycles. The van der Waals surface area contributed by atoms with Crippen LogP contribution < -0.4 is 4.84 Å². The van der Waals surface area contributed by atoms with Gasteiger partial charge in [0, 0.05) is 10.3 Å². The van der Waals surface area contributed by atoms with E-state index >= 15 is 0 Å². The van der Waals surface area contributed by atoms with Crippen LogP contribution in [0, 0.1) is 10.9 Å². The van der Waals surface area contributed by atoms with Gasteiger partial charge in [-0.15, -0.1) is 29.7 Å². The van der Waals surface area contributed by atoms with Crippen LogP contribution in [0.3, 0.4) is 0 Å². The van der Waals surface area contributed by atoms with E-state index in [1.54, 1.807) is 6.08 Å². The lowest BCUT2D eigenvalue weighted by molar-refractivity contribution is -0.143. The zero-order valence-electron chi connectivity index (χ0n) is 11.5. The number of carbonyl (C=O) groups is 1. The summed E-state index contributed by atoms with van der Waals surface area (Å²) in [5, 5.41) is 1.52. The Bertz CT molecular complexity index is 676. The second kappa shape index (κ2) is 7.59. The number of thiazole rings is 1. The Labute approximate surface area is 137 Å². The number of hydrogen-bond acceptors (Lipinski definition) is 5. The van der Waals surface area contributed by atoms with Crippen molar-refractivity contribution in [1.82, 2.24) is 4.73 Å². The topological polar surface area (TPSA) is 31.2 Å². The summed E-state index contributed by atoms with van der Waals surface area (Å²) in [5.74, 6) is -0.318. The molecule has 6 heteroatoms. The number of allylic oxidation sites excluding steroid dienone is 1. The van der Waals surface area contributed by atoms with Crippen molar-refractivity contribution >= 4 is 41.3 Å². The van der Waals surface area contributed by atoms with Gasteiger partial charge in [-0.1, -0.05) is 24.3 Å². The highest BCUT2D eigenvalue weighted by molar-refractivity contribution is 8.00. The standard InChI is InChI=1S/C15H15NO2S3/c1-3-7-13(21-12-8-5-4-6-9-12)14(17)18-16-11(2)10-20-15(16)19/h3-6,8-10,13H,1,7H2,2H3. The molecule has 0 fully saturated rings. The first-order valence-corrected chi connectivity index (χ1v) is 8.50. The van der Waals surface area contributed by atoms with Gasteiger partial charge in [0.25, 0.3) is 0 Å². The normalized spacial score (nSPS) is 11.9. The zero-order valence-corrected chi connectivity index (χ0v) is 14.0. The monoisotopic (exact) mass is 337 g/mol. The lowest BCUT2D eigenvalue weighted by Gasteiger charge is -2.14. The van der Waals surface area contributed by atoms with Gasteiger partial charge in [0.05, 0.1) is 5.69 Å². The molecule has 0 amide bonds. The minimum absolute atomic E-state index is 0.318. The lowest BCUT2D eigenvalue weighted by atomic mass is 10.3. The van der Waals surface area contributed by atoms with E-state index in [0.29, 0.717) is 10.4 Å². The van der Waals surface area contributed by atoms with Gasteiger partial charge in [-0.3, -0.25) is 0 Å². The van der Waals surface area contributed by atoms with E-state index in [0.717, 1.165) is 10.6 Å². The molecule has 1 unspecified atom stereocenters. The number of nitrogens with zero attached hydrogens (tertiary/aromatic N) is 1. The number of carbonyl (C=O) groups excluding carboxylic acids is 1. The Kier molecular flexibility index (Phi) is 5.78. The molecule has 110 valence electrons. The van der Waals surface area contributed by atoms with Crippen molar-refractivity contribution < 1.29 is 9.63 Å². The van der Waals surface area contributed by atoms with Gasteiger partial charge in [0.15, 0.2) is 3.95 Å². The Morgan fingerprint density at radius 2 is 2.24 bits per heavy atom. The first-order chi connectivity index (χ1) is 10.1. The molecule has 0 N–H and O–H groups in total. The number of benzene rings is 1. The van der Waals surface area contributed by atoms with E-state index in [1.807, 2.05) is 42.6 Å². The van der Waals surface area contributed by atoms with E-state index in [1.165, 1.54) is 27.8 Å². The summed E-state index contributed by atoms with van der Waals surface area (Å²) in [6, 6.07) is 9.76. The van der Waals surface area contributed by atoms with E-state index in [9.17, 15) is 4.79 Å². The van der Waals surface area contributed by atoms with Crippen molar-refractivity contribution in [2.24, 2.45) is 0 Å². The molecule has 0 aliphatic rings. The highest BCUT2D eigenvalue weighted by Gasteiger charge is 2.22. The molecule has 0 aliphatic heterocycles. The average Bonchev–Trinajstić information content (AvgIpc) is 2.80.